The molecule has 0 aromatic heterocycles. The molecule has 1 amide bonds. The summed E-state index contributed by atoms with van der Waals surface area (Å²) in [6.07, 6.45) is -4.00. The highest BCUT2D eigenvalue weighted by molar-refractivity contribution is 9.10. The summed E-state index contributed by atoms with van der Waals surface area (Å²) in [5, 5.41) is 2.41. The number of hydrogen-bond acceptors (Lipinski definition) is 2. The number of anilines is 1. The summed E-state index contributed by atoms with van der Waals surface area (Å²) < 4.78 is 38.2. The van der Waals surface area contributed by atoms with Crippen molar-refractivity contribution in [2.45, 2.75) is 32.5 Å². The van der Waals surface area contributed by atoms with Crippen LogP contribution in [0.25, 0.3) is 0 Å². The first-order chi connectivity index (χ1) is 9.09. The first-order valence-electron chi connectivity index (χ1n) is 6.04. The van der Waals surface area contributed by atoms with Gasteiger partial charge in [0.2, 0.25) is 5.91 Å². The van der Waals surface area contributed by atoms with E-state index in [9.17, 15) is 18.0 Å². The molecule has 0 aliphatic carbocycles. The normalized spacial score (nSPS) is 13.4. The highest BCUT2D eigenvalue weighted by atomic mass is 79.9. The van der Waals surface area contributed by atoms with E-state index < -0.39 is 23.7 Å². The van der Waals surface area contributed by atoms with Crippen molar-refractivity contribution in [3.05, 3.63) is 28.2 Å². The molecule has 0 spiro atoms. The molecule has 20 heavy (non-hydrogen) atoms. The second kappa shape index (κ2) is 6.58. The lowest BCUT2D eigenvalue weighted by Crippen LogP contribution is -2.36. The van der Waals surface area contributed by atoms with Crippen molar-refractivity contribution in [3.63, 3.8) is 0 Å². The van der Waals surface area contributed by atoms with Gasteiger partial charge in [0, 0.05) is 10.2 Å². The second-order valence-electron chi connectivity index (χ2n) is 4.95. The topological polar surface area (TPSA) is 55.1 Å². The molecule has 1 unspecified atom stereocenters. The third-order valence-corrected chi connectivity index (χ3v) is 3.01. The van der Waals surface area contributed by atoms with Crippen LogP contribution in [-0.4, -0.2) is 11.9 Å². The van der Waals surface area contributed by atoms with E-state index in [0.29, 0.717) is 6.42 Å². The summed E-state index contributed by atoms with van der Waals surface area (Å²) in [5.74, 6) is -0.270. The molecule has 0 radical (unpaired) electrons. The first kappa shape index (κ1) is 17.0. The fraction of sp³-hybridized carbons (Fsp3) is 0.462. The molecular weight excluding hydrogens is 337 g/mol. The van der Waals surface area contributed by atoms with Crippen LogP contribution < -0.4 is 11.1 Å². The average Bonchev–Trinajstić information content (AvgIpc) is 2.25. The number of hydrogen-bond donors (Lipinski definition) is 2. The minimum absolute atomic E-state index is 0.0657. The Balaban J connectivity index is 2.88. The predicted octanol–water partition coefficient (Wildman–Crippen LogP) is 3.78. The van der Waals surface area contributed by atoms with E-state index in [1.165, 1.54) is 6.07 Å². The quantitative estimate of drug-likeness (QED) is 0.866. The van der Waals surface area contributed by atoms with Crippen LogP contribution in [0.1, 0.15) is 25.8 Å². The van der Waals surface area contributed by atoms with E-state index in [1.54, 1.807) is 0 Å². The van der Waals surface area contributed by atoms with E-state index in [4.69, 9.17) is 5.73 Å². The number of rotatable bonds is 4. The summed E-state index contributed by atoms with van der Waals surface area (Å²) in [6.45, 7) is 3.82. The fourth-order valence-corrected chi connectivity index (χ4v) is 2.17. The molecular formula is C13H16BrF3N2O. The molecule has 1 atom stereocenters. The van der Waals surface area contributed by atoms with Crippen molar-refractivity contribution in [3.8, 4) is 0 Å². The molecule has 0 saturated carbocycles. The molecule has 3 nitrogen and oxygen atoms in total. The van der Waals surface area contributed by atoms with Crippen LogP contribution in [0.3, 0.4) is 0 Å². The van der Waals surface area contributed by atoms with Crippen molar-refractivity contribution >= 4 is 27.5 Å². The molecule has 0 saturated heterocycles. The van der Waals surface area contributed by atoms with Gasteiger partial charge in [0.25, 0.3) is 0 Å². The van der Waals surface area contributed by atoms with E-state index in [0.717, 1.165) is 12.1 Å². The van der Waals surface area contributed by atoms with Gasteiger partial charge in [0.1, 0.15) is 0 Å². The SMILES string of the molecule is CC(C)CC(N)C(=O)Nc1cc(Br)cc(C(F)(F)F)c1. The number of amides is 1. The van der Waals surface area contributed by atoms with Crippen LogP contribution in [0.4, 0.5) is 18.9 Å². The Morgan fingerprint density at radius 3 is 2.45 bits per heavy atom. The average molecular weight is 353 g/mol. The fourth-order valence-electron chi connectivity index (χ4n) is 1.68. The lowest BCUT2D eigenvalue weighted by molar-refractivity contribution is -0.137. The lowest BCUT2D eigenvalue weighted by Gasteiger charge is -2.15. The van der Waals surface area contributed by atoms with Crippen LogP contribution in [-0.2, 0) is 11.0 Å². The van der Waals surface area contributed by atoms with Crippen molar-refractivity contribution in [2.75, 3.05) is 5.32 Å². The van der Waals surface area contributed by atoms with Crippen LogP contribution in [0.2, 0.25) is 0 Å². The van der Waals surface area contributed by atoms with E-state index >= 15 is 0 Å². The zero-order valence-corrected chi connectivity index (χ0v) is 12.7. The maximum atomic E-state index is 12.7. The van der Waals surface area contributed by atoms with E-state index in [2.05, 4.69) is 21.2 Å². The van der Waals surface area contributed by atoms with Gasteiger partial charge in [-0.2, -0.15) is 13.2 Å². The minimum atomic E-state index is -4.47. The second-order valence-corrected chi connectivity index (χ2v) is 5.87. The Bertz CT molecular complexity index is 489. The Morgan fingerprint density at radius 2 is 1.95 bits per heavy atom. The summed E-state index contributed by atoms with van der Waals surface area (Å²) in [7, 11) is 0. The molecule has 1 rings (SSSR count). The smallest absolute Gasteiger partial charge is 0.325 e. The van der Waals surface area contributed by atoms with Gasteiger partial charge in [-0.1, -0.05) is 29.8 Å². The molecule has 3 N–H and O–H groups in total. The Hall–Kier alpha value is -1.08. The van der Waals surface area contributed by atoms with Gasteiger partial charge in [-0.05, 0) is 30.5 Å². The van der Waals surface area contributed by atoms with Gasteiger partial charge in [0.15, 0.2) is 0 Å². The number of benzene rings is 1. The molecule has 112 valence electrons. The summed E-state index contributed by atoms with van der Waals surface area (Å²) in [5.41, 5.74) is 4.91. The van der Waals surface area contributed by atoms with Gasteiger partial charge in [-0.25, -0.2) is 0 Å². The van der Waals surface area contributed by atoms with Crippen LogP contribution in [0.5, 0.6) is 0 Å². The molecule has 7 heteroatoms. The molecule has 0 bridgehead atoms. The Kier molecular flexibility index (Phi) is 5.59. The van der Waals surface area contributed by atoms with E-state index in [-0.39, 0.29) is 16.1 Å². The number of carbonyl (C=O) groups excluding carboxylic acids is 1. The molecule has 0 fully saturated rings. The number of carbonyl (C=O) groups is 1. The first-order valence-corrected chi connectivity index (χ1v) is 6.83. The zero-order chi connectivity index (χ0) is 15.5. The maximum Gasteiger partial charge on any atom is 0.416 e. The molecule has 1 aromatic carbocycles. The predicted molar refractivity (Wildman–Crippen MR) is 75.2 cm³/mol. The van der Waals surface area contributed by atoms with Crippen molar-refractivity contribution in [1.82, 2.24) is 0 Å². The number of alkyl halides is 3. The third kappa shape index (κ3) is 5.13. The number of halogens is 4. The monoisotopic (exact) mass is 352 g/mol. The number of nitrogens with one attached hydrogen (secondary N) is 1. The van der Waals surface area contributed by atoms with Gasteiger partial charge in [-0.15, -0.1) is 0 Å². The van der Waals surface area contributed by atoms with Gasteiger partial charge >= 0.3 is 6.18 Å². The van der Waals surface area contributed by atoms with E-state index in [1.807, 2.05) is 13.8 Å². The summed E-state index contributed by atoms with van der Waals surface area (Å²) in [6, 6.07) is 2.48. The largest absolute Gasteiger partial charge is 0.416 e. The minimum Gasteiger partial charge on any atom is -0.325 e. The van der Waals surface area contributed by atoms with Gasteiger partial charge in [-0.3, -0.25) is 4.79 Å². The molecule has 0 heterocycles. The summed E-state index contributed by atoms with van der Waals surface area (Å²) in [4.78, 5) is 11.8. The third-order valence-electron chi connectivity index (χ3n) is 2.55. The zero-order valence-electron chi connectivity index (χ0n) is 11.1. The Labute approximate surface area is 123 Å². The highest BCUT2D eigenvalue weighted by Crippen LogP contribution is 2.33. The van der Waals surface area contributed by atoms with Crippen LogP contribution in [0, 0.1) is 5.92 Å². The van der Waals surface area contributed by atoms with Crippen LogP contribution in [0.15, 0.2) is 22.7 Å². The highest BCUT2D eigenvalue weighted by Gasteiger charge is 2.31. The molecule has 0 aliphatic heterocycles. The van der Waals surface area contributed by atoms with Crippen molar-refractivity contribution < 1.29 is 18.0 Å². The molecule has 1 aromatic rings. The van der Waals surface area contributed by atoms with Crippen molar-refractivity contribution in [2.24, 2.45) is 11.7 Å². The summed E-state index contributed by atoms with van der Waals surface area (Å²) >= 11 is 2.99. The van der Waals surface area contributed by atoms with Gasteiger partial charge in [0.05, 0.1) is 11.6 Å². The Morgan fingerprint density at radius 1 is 1.35 bits per heavy atom. The van der Waals surface area contributed by atoms with Gasteiger partial charge < -0.3 is 11.1 Å². The standard InChI is InChI=1S/C13H16BrF3N2O/c1-7(2)3-11(18)12(20)19-10-5-8(13(15,16)17)4-9(14)6-10/h4-7,11H,3,18H2,1-2H3,(H,19,20). The maximum absolute atomic E-state index is 12.7. The van der Waals surface area contributed by atoms with Crippen molar-refractivity contribution in [1.29, 1.82) is 0 Å². The molecule has 0 aliphatic rings. The lowest BCUT2D eigenvalue weighted by atomic mass is 10.0. The number of nitrogens with two attached hydrogens (primary N) is 1. The van der Waals surface area contributed by atoms with Crippen LogP contribution >= 0.6 is 15.9 Å².